The second-order valence-electron chi connectivity index (χ2n) is 8.31. The van der Waals surface area contributed by atoms with Gasteiger partial charge in [-0.25, -0.2) is 0 Å². The smallest absolute Gasteiger partial charge is 0.304 e. The van der Waals surface area contributed by atoms with Crippen LogP contribution in [0.3, 0.4) is 0 Å². The first-order valence-electron chi connectivity index (χ1n) is 10.7. The summed E-state index contributed by atoms with van der Waals surface area (Å²) in [5.74, 6) is -0.581. The first kappa shape index (κ1) is 22.6. The topological polar surface area (TPSA) is 64.5 Å². The highest BCUT2D eigenvalue weighted by molar-refractivity contribution is 6.30. The molecule has 2 N–H and O–H groups in total. The Morgan fingerprint density at radius 3 is 2.24 bits per heavy atom. The van der Waals surface area contributed by atoms with Crippen molar-refractivity contribution in [3.63, 3.8) is 0 Å². The largest absolute Gasteiger partial charge is 0.378 e. The standard InChI is InChI=1S/C26H25ClN4O2/c1-17-4-8-20(9-5-17)25(32)28-23-24(19-10-12-21(27)13-11-19)31(29-26(23)33)16-18-6-14-22(15-7-18)30(2)3/h4-16,23-24H,1-3H3,(H-,28,29,32,33)/p+1/t23-,24-/m1/s1. The maximum atomic E-state index is 13.0. The van der Waals surface area contributed by atoms with E-state index < -0.39 is 12.1 Å². The van der Waals surface area contributed by atoms with Crippen LogP contribution in [0.2, 0.25) is 5.02 Å². The lowest BCUT2D eigenvalue weighted by Gasteiger charge is -2.15. The third kappa shape index (κ3) is 5.07. The molecule has 33 heavy (non-hydrogen) atoms. The van der Waals surface area contributed by atoms with Gasteiger partial charge in [0.1, 0.15) is 0 Å². The second-order valence-corrected chi connectivity index (χ2v) is 8.75. The normalized spacial score (nSPS) is 18.8. The quantitative estimate of drug-likeness (QED) is 0.569. The zero-order valence-electron chi connectivity index (χ0n) is 18.7. The number of halogens is 1. The SMILES string of the molecule is Cc1ccc(C(=O)N[C@H]2C(=O)N/[N+](=C\c3ccc(N(C)C)cc3)[C@@H]2c2ccc(Cl)cc2)cc1. The van der Waals surface area contributed by atoms with E-state index in [1.807, 2.05) is 80.7 Å². The van der Waals surface area contributed by atoms with Gasteiger partial charge in [-0.1, -0.05) is 41.4 Å². The molecule has 6 nitrogen and oxygen atoms in total. The summed E-state index contributed by atoms with van der Waals surface area (Å²) < 4.78 is 1.75. The summed E-state index contributed by atoms with van der Waals surface area (Å²) in [6.07, 6.45) is 1.87. The summed E-state index contributed by atoms with van der Waals surface area (Å²) >= 11 is 6.09. The molecular weight excluding hydrogens is 436 g/mol. The summed E-state index contributed by atoms with van der Waals surface area (Å²) in [6, 6.07) is 21.3. The van der Waals surface area contributed by atoms with Crippen molar-refractivity contribution in [2.75, 3.05) is 19.0 Å². The van der Waals surface area contributed by atoms with Crippen LogP contribution in [0.25, 0.3) is 0 Å². The molecule has 0 saturated carbocycles. The van der Waals surface area contributed by atoms with Gasteiger partial charge in [-0.3, -0.25) is 9.59 Å². The Bertz CT molecular complexity index is 1190. The van der Waals surface area contributed by atoms with Crippen LogP contribution in [0.4, 0.5) is 5.69 Å². The van der Waals surface area contributed by atoms with Crippen molar-refractivity contribution in [3.05, 3.63) is 100 Å². The molecule has 7 heteroatoms. The van der Waals surface area contributed by atoms with Crippen LogP contribution in [0.1, 0.15) is 33.1 Å². The number of hydrogen-bond donors (Lipinski definition) is 2. The zero-order chi connectivity index (χ0) is 23.5. The number of hydrazine groups is 1. The average molecular weight is 462 g/mol. The molecule has 1 fully saturated rings. The van der Waals surface area contributed by atoms with Gasteiger partial charge >= 0.3 is 5.91 Å². The molecule has 1 aliphatic rings. The Hall–Kier alpha value is -3.64. The van der Waals surface area contributed by atoms with Crippen LogP contribution >= 0.6 is 11.6 Å². The maximum absolute atomic E-state index is 13.0. The van der Waals surface area contributed by atoms with Gasteiger partial charge in [0, 0.05) is 41.5 Å². The van der Waals surface area contributed by atoms with Crippen molar-refractivity contribution >= 4 is 35.3 Å². The lowest BCUT2D eigenvalue weighted by molar-refractivity contribution is -0.596. The van der Waals surface area contributed by atoms with Gasteiger partial charge in [0.15, 0.2) is 6.04 Å². The van der Waals surface area contributed by atoms with E-state index in [1.54, 1.807) is 28.9 Å². The molecule has 0 aromatic heterocycles. The minimum Gasteiger partial charge on any atom is -0.378 e. The molecule has 3 aromatic carbocycles. The summed E-state index contributed by atoms with van der Waals surface area (Å²) in [5, 5.41) is 3.52. The number of nitrogens with zero attached hydrogens (tertiary/aromatic N) is 2. The van der Waals surface area contributed by atoms with Crippen molar-refractivity contribution in [3.8, 4) is 0 Å². The first-order chi connectivity index (χ1) is 15.8. The van der Waals surface area contributed by atoms with Crippen molar-refractivity contribution < 1.29 is 14.3 Å². The molecule has 1 aliphatic heterocycles. The van der Waals surface area contributed by atoms with E-state index in [9.17, 15) is 9.59 Å². The van der Waals surface area contributed by atoms with Gasteiger partial charge in [-0.15, -0.1) is 10.1 Å². The lowest BCUT2D eigenvalue weighted by atomic mass is 9.99. The number of benzene rings is 3. The molecule has 0 radical (unpaired) electrons. The number of rotatable bonds is 5. The van der Waals surface area contributed by atoms with E-state index in [0.717, 1.165) is 22.4 Å². The van der Waals surface area contributed by atoms with E-state index in [1.165, 1.54) is 0 Å². The fraction of sp³-hybridized carbons (Fsp3) is 0.192. The number of hydrogen-bond acceptors (Lipinski definition) is 3. The van der Waals surface area contributed by atoms with Gasteiger partial charge in [0.05, 0.1) is 0 Å². The number of hydrazone groups is 1. The van der Waals surface area contributed by atoms with Crippen LogP contribution < -0.4 is 15.6 Å². The van der Waals surface area contributed by atoms with E-state index in [4.69, 9.17) is 11.6 Å². The number of aryl methyl sites for hydroxylation is 1. The van der Waals surface area contributed by atoms with Gasteiger partial charge < -0.3 is 10.2 Å². The van der Waals surface area contributed by atoms with E-state index in [-0.39, 0.29) is 11.8 Å². The summed E-state index contributed by atoms with van der Waals surface area (Å²) in [6.45, 7) is 1.96. The highest BCUT2D eigenvalue weighted by atomic mass is 35.5. The minimum atomic E-state index is -0.780. The molecular formula is C26H26ClN4O2+. The molecule has 0 aliphatic carbocycles. The average Bonchev–Trinajstić information content (AvgIpc) is 3.09. The van der Waals surface area contributed by atoms with Crippen LogP contribution in [0.5, 0.6) is 0 Å². The van der Waals surface area contributed by atoms with Crippen LogP contribution in [0.15, 0.2) is 72.8 Å². The van der Waals surface area contributed by atoms with Gasteiger partial charge in [-0.2, -0.15) is 0 Å². The van der Waals surface area contributed by atoms with Crippen molar-refractivity contribution in [1.82, 2.24) is 10.7 Å². The molecule has 0 bridgehead atoms. The van der Waals surface area contributed by atoms with Crippen LogP contribution in [-0.2, 0) is 4.79 Å². The predicted octanol–water partition coefficient (Wildman–Crippen LogP) is 3.73. The molecule has 2 amide bonds. The van der Waals surface area contributed by atoms with E-state index >= 15 is 0 Å². The highest BCUT2D eigenvalue weighted by Gasteiger charge is 2.47. The number of amides is 2. The highest BCUT2D eigenvalue weighted by Crippen LogP contribution is 2.27. The van der Waals surface area contributed by atoms with Crippen LogP contribution in [0, 0.1) is 6.92 Å². The molecule has 0 spiro atoms. The summed E-state index contributed by atoms with van der Waals surface area (Å²) in [4.78, 5) is 27.9. The summed E-state index contributed by atoms with van der Waals surface area (Å²) in [5.41, 5.74) is 7.32. The molecule has 168 valence electrons. The monoisotopic (exact) mass is 461 g/mol. The third-order valence-corrected chi connectivity index (χ3v) is 5.90. The number of carbonyl (C=O) groups excluding carboxylic acids is 2. The Kier molecular flexibility index (Phi) is 6.47. The van der Waals surface area contributed by atoms with E-state index in [2.05, 4.69) is 10.7 Å². The van der Waals surface area contributed by atoms with Crippen LogP contribution in [-0.4, -0.2) is 42.9 Å². The number of nitrogens with one attached hydrogen (secondary N) is 2. The zero-order valence-corrected chi connectivity index (χ0v) is 19.5. The molecule has 0 unspecified atom stereocenters. The van der Waals surface area contributed by atoms with Gasteiger partial charge in [-0.05, 0) is 55.5 Å². The van der Waals surface area contributed by atoms with Crippen molar-refractivity contribution in [2.45, 2.75) is 19.0 Å². The van der Waals surface area contributed by atoms with Gasteiger partial charge in [0.2, 0.25) is 12.3 Å². The van der Waals surface area contributed by atoms with Crippen molar-refractivity contribution in [2.24, 2.45) is 0 Å². The fourth-order valence-corrected chi connectivity index (χ4v) is 3.92. The lowest BCUT2D eigenvalue weighted by Crippen LogP contribution is -2.42. The Morgan fingerprint density at radius 2 is 1.64 bits per heavy atom. The predicted molar refractivity (Wildman–Crippen MR) is 131 cm³/mol. The second kappa shape index (κ2) is 9.46. The van der Waals surface area contributed by atoms with Crippen molar-refractivity contribution in [1.29, 1.82) is 0 Å². The Labute approximate surface area is 198 Å². The first-order valence-corrected chi connectivity index (χ1v) is 11.0. The minimum absolute atomic E-state index is 0.281. The number of anilines is 1. The molecule has 1 heterocycles. The van der Waals surface area contributed by atoms with Gasteiger partial charge in [0.25, 0.3) is 5.91 Å². The molecule has 1 saturated heterocycles. The molecule has 4 rings (SSSR count). The molecule has 3 aromatic rings. The summed E-state index contributed by atoms with van der Waals surface area (Å²) in [7, 11) is 3.97. The number of carbonyl (C=O) groups is 2. The maximum Gasteiger partial charge on any atom is 0.304 e. The fourth-order valence-electron chi connectivity index (χ4n) is 3.79. The third-order valence-electron chi connectivity index (χ3n) is 5.65. The Morgan fingerprint density at radius 1 is 1.00 bits per heavy atom. The van der Waals surface area contributed by atoms with E-state index in [0.29, 0.717) is 10.6 Å². The molecule has 2 atom stereocenters. The Balaban J connectivity index is 1.68.